The Bertz CT molecular complexity index is 1230. The third-order valence-electron chi connectivity index (χ3n) is 7.22. The smallest absolute Gasteiger partial charge is 0.263 e. The summed E-state index contributed by atoms with van der Waals surface area (Å²) in [4.78, 5) is 36.9. The number of ether oxygens (including phenoxy) is 1. The molecule has 0 spiro atoms. The van der Waals surface area contributed by atoms with Gasteiger partial charge in [0.15, 0.2) is 0 Å². The fourth-order valence-electron chi connectivity index (χ4n) is 5.38. The molecule has 2 fully saturated rings. The number of anilines is 1. The van der Waals surface area contributed by atoms with Crippen LogP contribution >= 0.6 is 0 Å². The number of carbonyl (C=O) groups is 2. The molecule has 3 aromatic rings. The van der Waals surface area contributed by atoms with Gasteiger partial charge in [-0.1, -0.05) is 12.1 Å². The van der Waals surface area contributed by atoms with Gasteiger partial charge in [-0.05, 0) is 49.2 Å². The van der Waals surface area contributed by atoms with Gasteiger partial charge < -0.3 is 14.2 Å². The van der Waals surface area contributed by atoms with Gasteiger partial charge in [-0.15, -0.1) is 0 Å². The van der Waals surface area contributed by atoms with Crippen molar-refractivity contribution in [3.8, 4) is 5.82 Å². The molecular weight excluding hydrogens is 442 g/mol. The summed E-state index contributed by atoms with van der Waals surface area (Å²) in [5.41, 5.74) is 3.13. The molecule has 8 heteroatoms. The van der Waals surface area contributed by atoms with Gasteiger partial charge in [0.2, 0.25) is 0 Å². The van der Waals surface area contributed by atoms with E-state index >= 15 is 0 Å². The molecule has 180 valence electrons. The van der Waals surface area contributed by atoms with Crippen molar-refractivity contribution < 1.29 is 14.3 Å². The summed E-state index contributed by atoms with van der Waals surface area (Å²) in [7, 11) is 0. The molecule has 3 aliphatic rings. The van der Waals surface area contributed by atoms with Crippen LogP contribution in [0.15, 0.2) is 60.9 Å². The summed E-state index contributed by atoms with van der Waals surface area (Å²) >= 11 is 0. The highest BCUT2D eigenvalue weighted by molar-refractivity contribution is 6.23. The lowest BCUT2D eigenvalue weighted by Gasteiger charge is -2.36. The van der Waals surface area contributed by atoms with E-state index in [1.807, 2.05) is 42.7 Å². The van der Waals surface area contributed by atoms with Crippen molar-refractivity contribution in [3.63, 3.8) is 0 Å². The van der Waals surface area contributed by atoms with Crippen LogP contribution in [-0.4, -0.2) is 76.6 Å². The number of fused-ring (bicyclic) bond motifs is 1. The normalized spacial score (nSPS) is 20.6. The Kier molecular flexibility index (Phi) is 5.83. The highest BCUT2D eigenvalue weighted by Gasteiger charge is 2.40. The van der Waals surface area contributed by atoms with Crippen molar-refractivity contribution in [2.75, 3.05) is 44.2 Å². The molecule has 0 N–H and O–H groups in total. The van der Waals surface area contributed by atoms with Crippen LogP contribution in [0.1, 0.15) is 39.3 Å². The second-order valence-corrected chi connectivity index (χ2v) is 9.38. The first-order valence-corrected chi connectivity index (χ1v) is 12.3. The topological polar surface area (TPSA) is 70.9 Å². The molecule has 2 aromatic heterocycles. The van der Waals surface area contributed by atoms with E-state index in [-0.39, 0.29) is 17.9 Å². The number of carbonyl (C=O) groups excluding carboxylic acids is 2. The summed E-state index contributed by atoms with van der Waals surface area (Å²) < 4.78 is 7.81. The van der Waals surface area contributed by atoms with Crippen molar-refractivity contribution in [2.45, 2.75) is 25.5 Å². The monoisotopic (exact) mass is 471 g/mol. The zero-order valence-corrected chi connectivity index (χ0v) is 19.7. The summed E-state index contributed by atoms with van der Waals surface area (Å²) in [5.74, 6) is 0.532. The Morgan fingerprint density at radius 2 is 1.83 bits per heavy atom. The van der Waals surface area contributed by atoms with Crippen molar-refractivity contribution in [1.29, 1.82) is 0 Å². The number of pyridine rings is 1. The summed E-state index contributed by atoms with van der Waals surface area (Å²) in [6.07, 6.45) is 5.69. The lowest BCUT2D eigenvalue weighted by molar-refractivity contribution is 0.0475. The molecule has 0 radical (unpaired) electrons. The predicted octanol–water partition coefficient (Wildman–Crippen LogP) is 2.97. The van der Waals surface area contributed by atoms with Gasteiger partial charge in [0, 0.05) is 57.4 Å². The van der Waals surface area contributed by atoms with Gasteiger partial charge in [0.25, 0.3) is 11.8 Å². The molecule has 0 aliphatic carbocycles. The number of nitrogens with zero attached hydrogens (tertiary/aromatic N) is 5. The quantitative estimate of drug-likeness (QED) is 0.515. The highest BCUT2D eigenvalue weighted by atomic mass is 16.5. The van der Waals surface area contributed by atoms with Crippen molar-refractivity contribution in [2.24, 2.45) is 0 Å². The minimum atomic E-state index is -0.198. The highest BCUT2D eigenvalue weighted by Crippen LogP contribution is 2.33. The fourth-order valence-corrected chi connectivity index (χ4v) is 5.38. The Labute approximate surface area is 204 Å². The SMILES string of the molecule is O=C1c2cccc(N3CCN(Cc4cccn4-c4ccccn4)CC3)c2C(=O)N1CC1CCCO1. The molecule has 1 unspecified atom stereocenters. The maximum atomic E-state index is 13.3. The fraction of sp³-hybridized carbons (Fsp3) is 0.370. The number of imide groups is 1. The van der Waals surface area contributed by atoms with E-state index < -0.39 is 0 Å². The van der Waals surface area contributed by atoms with Crippen molar-refractivity contribution in [3.05, 3.63) is 77.7 Å². The number of benzene rings is 1. The molecule has 8 nitrogen and oxygen atoms in total. The Balaban J connectivity index is 1.14. The minimum absolute atomic E-state index is 0.0470. The number of amides is 2. The van der Waals surface area contributed by atoms with Crippen LogP contribution in [0.2, 0.25) is 0 Å². The van der Waals surface area contributed by atoms with Gasteiger partial charge in [0.05, 0.1) is 29.5 Å². The average molecular weight is 472 g/mol. The van der Waals surface area contributed by atoms with Gasteiger partial charge in [-0.3, -0.25) is 19.4 Å². The maximum absolute atomic E-state index is 13.3. The van der Waals surface area contributed by atoms with Crippen LogP contribution < -0.4 is 4.90 Å². The van der Waals surface area contributed by atoms with E-state index in [4.69, 9.17) is 4.74 Å². The molecule has 2 amide bonds. The predicted molar refractivity (Wildman–Crippen MR) is 132 cm³/mol. The van der Waals surface area contributed by atoms with Crippen LogP contribution in [0.25, 0.3) is 5.82 Å². The molecule has 1 aromatic carbocycles. The summed E-state index contributed by atoms with van der Waals surface area (Å²) in [5, 5.41) is 0. The van der Waals surface area contributed by atoms with Crippen molar-refractivity contribution >= 4 is 17.5 Å². The van der Waals surface area contributed by atoms with E-state index in [9.17, 15) is 9.59 Å². The van der Waals surface area contributed by atoms with Crippen LogP contribution in [0.4, 0.5) is 5.69 Å². The molecule has 5 heterocycles. The summed E-state index contributed by atoms with van der Waals surface area (Å²) in [6.45, 7) is 5.22. The van der Waals surface area contributed by atoms with E-state index in [0.29, 0.717) is 24.3 Å². The zero-order valence-electron chi connectivity index (χ0n) is 19.7. The van der Waals surface area contributed by atoms with E-state index in [1.54, 1.807) is 6.07 Å². The molecule has 6 rings (SSSR count). The Morgan fingerprint density at radius 3 is 2.60 bits per heavy atom. The second-order valence-electron chi connectivity index (χ2n) is 9.38. The third kappa shape index (κ3) is 4.13. The zero-order chi connectivity index (χ0) is 23.8. The average Bonchev–Trinajstić information content (AvgIpc) is 3.63. The third-order valence-corrected chi connectivity index (χ3v) is 7.22. The molecular formula is C27H29N5O3. The van der Waals surface area contributed by atoms with E-state index in [1.165, 1.54) is 10.6 Å². The number of aromatic nitrogens is 2. The standard InChI is InChI=1S/C27H29N5O3/c33-26-22-8-3-9-23(25(22)27(34)32(26)19-21-7-5-17-35-21)30-15-13-29(14-16-30)18-20-6-4-12-31(20)24-10-1-2-11-28-24/h1-4,6,8-12,21H,5,7,13-19H2. The van der Waals surface area contributed by atoms with Gasteiger partial charge in [0.1, 0.15) is 5.82 Å². The van der Waals surface area contributed by atoms with Crippen LogP contribution in [-0.2, 0) is 11.3 Å². The van der Waals surface area contributed by atoms with E-state index in [0.717, 1.165) is 57.1 Å². The molecule has 3 aliphatic heterocycles. The van der Waals surface area contributed by atoms with Gasteiger partial charge in [-0.2, -0.15) is 0 Å². The van der Waals surface area contributed by atoms with Crippen LogP contribution in [0.3, 0.4) is 0 Å². The molecule has 1 atom stereocenters. The number of hydrogen-bond acceptors (Lipinski definition) is 6. The van der Waals surface area contributed by atoms with E-state index in [2.05, 4.69) is 31.5 Å². The first kappa shape index (κ1) is 22.0. The Morgan fingerprint density at radius 1 is 0.943 bits per heavy atom. The number of piperazine rings is 1. The lowest BCUT2D eigenvalue weighted by Crippen LogP contribution is -2.46. The van der Waals surface area contributed by atoms with Crippen LogP contribution in [0, 0.1) is 0 Å². The Hall–Kier alpha value is -3.49. The second kappa shape index (κ2) is 9.28. The largest absolute Gasteiger partial charge is 0.376 e. The molecule has 0 bridgehead atoms. The molecule has 0 saturated carbocycles. The van der Waals surface area contributed by atoms with Gasteiger partial charge >= 0.3 is 0 Å². The van der Waals surface area contributed by atoms with Gasteiger partial charge in [-0.25, -0.2) is 4.98 Å². The number of hydrogen-bond donors (Lipinski definition) is 0. The first-order chi connectivity index (χ1) is 17.2. The first-order valence-electron chi connectivity index (χ1n) is 12.3. The molecule has 2 saturated heterocycles. The van der Waals surface area contributed by atoms with Crippen molar-refractivity contribution in [1.82, 2.24) is 19.4 Å². The van der Waals surface area contributed by atoms with Crippen LogP contribution in [0.5, 0.6) is 0 Å². The lowest BCUT2D eigenvalue weighted by atomic mass is 10.1. The minimum Gasteiger partial charge on any atom is -0.376 e. The summed E-state index contributed by atoms with van der Waals surface area (Å²) in [6, 6.07) is 15.8. The molecule has 35 heavy (non-hydrogen) atoms. The maximum Gasteiger partial charge on any atom is 0.263 e. The number of rotatable bonds is 6.